The summed E-state index contributed by atoms with van der Waals surface area (Å²) in [5.74, 6) is -0.328. The normalized spacial score (nSPS) is 17.2. The summed E-state index contributed by atoms with van der Waals surface area (Å²) in [6, 6.07) is 5.67. The van der Waals surface area contributed by atoms with Crippen LogP contribution in [0.3, 0.4) is 0 Å². The van der Waals surface area contributed by atoms with Gasteiger partial charge in [0.25, 0.3) is 0 Å². The van der Waals surface area contributed by atoms with Gasteiger partial charge in [-0.25, -0.2) is 19.2 Å². The zero-order chi connectivity index (χ0) is 14.8. The van der Waals surface area contributed by atoms with Gasteiger partial charge in [0.05, 0.1) is 7.11 Å². The zero-order valence-corrected chi connectivity index (χ0v) is 11.9. The number of ether oxygens (including phenoxy) is 2. The van der Waals surface area contributed by atoms with Crippen LogP contribution in [0.1, 0.15) is 27.1 Å². The summed E-state index contributed by atoms with van der Waals surface area (Å²) in [6.07, 6.45) is 0. The Bertz CT molecular complexity index is 696. The molecule has 1 atom stereocenters. The van der Waals surface area contributed by atoms with E-state index in [0.29, 0.717) is 23.1 Å². The van der Waals surface area contributed by atoms with Crippen molar-refractivity contribution in [3.63, 3.8) is 0 Å². The van der Waals surface area contributed by atoms with Gasteiger partial charge >= 0.3 is 5.97 Å². The Labute approximate surface area is 124 Å². The first-order valence-electron chi connectivity index (χ1n) is 6.17. The Morgan fingerprint density at radius 1 is 1.43 bits per heavy atom. The highest BCUT2D eigenvalue weighted by atomic mass is 32.1. The van der Waals surface area contributed by atoms with Crippen LogP contribution in [0.25, 0.3) is 0 Å². The second kappa shape index (κ2) is 5.61. The van der Waals surface area contributed by atoms with Crippen LogP contribution in [-0.2, 0) is 9.47 Å². The number of aliphatic imine (C=N–C) groups is 1. The molecule has 0 saturated heterocycles. The number of carbonyl (C=O) groups is 1. The van der Waals surface area contributed by atoms with Gasteiger partial charge in [0.15, 0.2) is 5.69 Å². The third-order valence-corrected chi connectivity index (χ3v) is 3.89. The summed E-state index contributed by atoms with van der Waals surface area (Å²) in [7, 11) is 1.31. The third-order valence-electron chi connectivity index (χ3n) is 2.94. The fraction of sp³-hybridized carbons (Fsp3) is 0.214. The summed E-state index contributed by atoms with van der Waals surface area (Å²) >= 11 is 1.33. The van der Waals surface area contributed by atoms with Gasteiger partial charge in [0.2, 0.25) is 5.90 Å². The van der Waals surface area contributed by atoms with Crippen molar-refractivity contribution < 1.29 is 18.7 Å². The van der Waals surface area contributed by atoms with Crippen molar-refractivity contribution in [2.75, 3.05) is 13.7 Å². The Hall–Kier alpha value is -2.28. The molecule has 7 heteroatoms. The van der Waals surface area contributed by atoms with Crippen molar-refractivity contribution in [3.05, 3.63) is 51.7 Å². The smallest absolute Gasteiger partial charge is 0.357 e. The van der Waals surface area contributed by atoms with E-state index >= 15 is 0 Å². The minimum Gasteiger partial charge on any atom is -0.475 e. The number of thiazole rings is 1. The molecule has 3 rings (SSSR count). The number of hydrogen-bond donors (Lipinski definition) is 0. The maximum absolute atomic E-state index is 12.9. The van der Waals surface area contributed by atoms with Crippen LogP contribution in [0.2, 0.25) is 0 Å². The number of halogens is 1. The molecule has 0 spiro atoms. The van der Waals surface area contributed by atoms with Crippen LogP contribution < -0.4 is 0 Å². The number of hydrogen-bond acceptors (Lipinski definition) is 6. The molecule has 1 aromatic heterocycles. The van der Waals surface area contributed by atoms with Crippen LogP contribution in [-0.4, -0.2) is 30.6 Å². The molecule has 2 aromatic rings. The number of methoxy groups -OCH3 is 1. The number of rotatable bonds is 3. The molecule has 5 nitrogen and oxygen atoms in total. The largest absolute Gasteiger partial charge is 0.475 e. The number of aromatic nitrogens is 1. The maximum atomic E-state index is 12.9. The van der Waals surface area contributed by atoms with Crippen LogP contribution in [0.15, 0.2) is 34.6 Å². The van der Waals surface area contributed by atoms with Gasteiger partial charge in [0, 0.05) is 10.9 Å². The van der Waals surface area contributed by atoms with E-state index in [-0.39, 0.29) is 17.6 Å². The summed E-state index contributed by atoms with van der Waals surface area (Å²) < 4.78 is 23.0. The van der Waals surface area contributed by atoms with Gasteiger partial charge in [-0.05, 0) is 24.3 Å². The molecule has 0 amide bonds. The van der Waals surface area contributed by atoms with Gasteiger partial charge in [-0.3, -0.25) is 0 Å². The molecule has 108 valence electrons. The van der Waals surface area contributed by atoms with Crippen molar-refractivity contribution in [3.8, 4) is 0 Å². The highest BCUT2D eigenvalue weighted by molar-refractivity contribution is 7.09. The van der Waals surface area contributed by atoms with Gasteiger partial charge < -0.3 is 9.47 Å². The molecule has 1 aromatic carbocycles. The SMILES string of the molecule is COC(=O)c1csc(C2COC(c3ccc(F)cc3)=N2)n1. The van der Waals surface area contributed by atoms with Gasteiger partial charge in [-0.2, -0.15) is 0 Å². The average molecular weight is 306 g/mol. The molecule has 0 fully saturated rings. The molecular weight excluding hydrogens is 295 g/mol. The number of carbonyl (C=O) groups excluding carboxylic acids is 1. The van der Waals surface area contributed by atoms with E-state index in [1.54, 1.807) is 17.5 Å². The second-order valence-electron chi connectivity index (χ2n) is 4.33. The van der Waals surface area contributed by atoms with Crippen molar-refractivity contribution in [2.24, 2.45) is 4.99 Å². The zero-order valence-electron chi connectivity index (χ0n) is 11.1. The van der Waals surface area contributed by atoms with Gasteiger partial charge in [-0.15, -0.1) is 11.3 Å². The van der Waals surface area contributed by atoms with Crippen molar-refractivity contribution in [1.82, 2.24) is 4.98 Å². The molecule has 0 aliphatic carbocycles. The molecule has 0 N–H and O–H groups in total. The van der Waals surface area contributed by atoms with Crippen LogP contribution in [0.4, 0.5) is 4.39 Å². The number of esters is 1. The van der Waals surface area contributed by atoms with Crippen LogP contribution in [0, 0.1) is 5.82 Å². The number of nitrogens with zero attached hydrogens (tertiary/aromatic N) is 2. The fourth-order valence-corrected chi connectivity index (χ4v) is 2.70. The lowest BCUT2D eigenvalue weighted by molar-refractivity contribution is 0.0594. The lowest BCUT2D eigenvalue weighted by Crippen LogP contribution is -2.03. The topological polar surface area (TPSA) is 60.8 Å². The first kappa shape index (κ1) is 13.7. The first-order chi connectivity index (χ1) is 10.2. The fourth-order valence-electron chi connectivity index (χ4n) is 1.89. The van der Waals surface area contributed by atoms with Crippen LogP contribution in [0.5, 0.6) is 0 Å². The van der Waals surface area contributed by atoms with E-state index in [2.05, 4.69) is 14.7 Å². The molecule has 1 aliphatic rings. The van der Waals surface area contributed by atoms with E-state index in [1.807, 2.05) is 0 Å². The number of benzene rings is 1. The Morgan fingerprint density at radius 3 is 2.90 bits per heavy atom. The van der Waals surface area contributed by atoms with Gasteiger partial charge in [-0.1, -0.05) is 0 Å². The molecule has 2 heterocycles. The van der Waals surface area contributed by atoms with E-state index in [9.17, 15) is 9.18 Å². The standard InChI is InChI=1S/C14H11FN2O3S/c1-19-14(18)11-7-21-13(17-11)10-6-20-12(16-10)8-2-4-9(15)5-3-8/h2-5,7,10H,6H2,1H3. The van der Waals surface area contributed by atoms with Crippen molar-refractivity contribution >= 4 is 23.2 Å². The van der Waals surface area contributed by atoms with Crippen molar-refractivity contribution in [1.29, 1.82) is 0 Å². The summed E-state index contributed by atoms with van der Waals surface area (Å²) in [5.41, 5.74) is 0.978. The summed E-state index contributed by atoms with van der Waals surface area (Å²) in [6.45, 7) is 0.348. The maximum Gasteiger partial charge on any atom is 0.357 e. The molecule has 21 heavy (non-hydrogen) atoms. The molecule has 0 saturated carbocycles. The molecule has 1 aliphatic heterocycles. The minimum absolute atomic E-state index is 0.256. The van der Waals surface area contributed by atoms with E-state index in [1.165, 1.54) is 30.6 Å². The highest BCUT2D eigenvalue weighted by Crippen LogP contribution is 2.27. The van der Waals surface area contributed by atoms with E-state index < -0.39 is 5.97 Å². The van der Waals surface area contributed by atoms with E-state index in [4.69, 9.17) is 4.74 Å². The monoisotopic (exact) mass is 306 g/mol. The summed E-state index contributed by atoms with van der Waals surface area (Å²) in [4.78, 5) is 20.0. The average Bonchev–Trinajstić information content (AvgIpc) is 3.16. The Morgan fingerprint density at radius 2 is 2.19 bits per heavy atom. The van der Waals surface area contributed by atoms with Crippen LogP contribution >= 0.6 is 11.3 Å². The second-order valence-corrected chi connectivity index (χ2v) is 5.22. The first-order valence-corrected chi connectivity index (χ1v) is 7.05. The van der Waals surface area contributed by atoms with Crippen molar-refractivity contribution in [2.45, 2.75) is 6.04 Å². The predicted octanol–water partition coefficient (Wildman–Crippen LogP) is 2.59. The quantitative estimate of drug-likeness (QED) is 0.818. The Kier molecular flexibility index (Phi) is 3.66. The lowest BCUT2D eigenvalue weighted by atomic mass is 10.2. The predicted molar refractivity (Wildman–Crippen MR) is 75.1 cm³/mol. The summed E-state index contributed by atoms with van der Waals surface area (Å²) in [5, 5.41) is 2.32. The van der Waals surface area contributed by atoms with Gasteiger partial charge in [0.1, 0.15) is 23.5 Å². The third kappa shape index (κ3) is 2.78. The highest BCUT2D eigenvalue weighted by Gasteiger charge is 2.25. The Balaban J connectivity index is 1.80. The van der Waals surface area contributed by atoms with E-state index in [0.717, 1.165) is 0 Å². The molecular formula is C14H11FN2O3S. The molecule has 0 radical (unpaired) electrons. The molecule has 0 bridgehead atoms. The molecule has 1 unspecified atom stereocenters. The lowest BCUT2D eigenvalue weighted by Gasteiger charge is -2.00. The minimum atomic E-state index is -0.473.